The average Bonchev–Trinajstić information content (AvgIpc) is 3.57. The molecule has 9 heteroatoms. The molecule has 2 saturated heterocycles. The number of aryl methyl sites for hydroxylation is 3. The third-order valence-corrected chi connectivity index (χ3v) is 8.82. The zero-order chi connectivity index (χ0) is 27.1. The van der Waals surface area contributed by atoms with Crippen LogP contribution in [0.1, 0.15) is 67.7 Å². The Kier molecular flexibility index (Phi) is 7.18. The van der Waals surface area contributed by atoms with Gasteiger partial charge in [-0.25, -0.2) is 4.98 Å². The number of fused-ring (bicyclic) bond motifs is 1. The Labute approximate surface area is 230 Å². The second-order valence-electron chi connectivity index (χ2n) is 11.6. The summed E-state index contributed by atoms with van der Waals surface area (Å²) in [6, 6.07) is 9.29. The number of benzene rings is 1. The van der Waals surface area contributed by atoms with Gasteiger partial charge in [0.15, 0.2) is 5.75 Å². The van der Waals surface area contributed by atoms with Crippen molar-refractivity contribution in [3.63, 3.8) is 0 Å². The highest BCUT2D eigenvalue weighted by molar-refractivity contribution is 5.79. The van der Waals surface area contributed by atoms with E-state index in [9.17, 15) is 4.79 Å². The zero-order valence-electron chi connectivity index (χ0n) is 23.6. The third-order valence-electron chi connectivity index (χ3n) is 8.82. The average molecular weight is 533 g/mol. The molecule has 3 aliphatic rings. The largest absolute Gasteiger partial charge is 0.485 e. The molecule has 1 aliphatic carbocycles. The molecule has 208 valence electrons. The second kappa shape index (κ2) is 10.8. The lowest BCUT2D eigenvalue weighted by Gasteiger charge is -2.37. The molecule has 0 N–H and O–H groups in total. The topological polar surface area (TPSA) is 85.1 Å². The fourth-order valence-corrected chi connectivity index (χ4v) is 6.58. The Morgan fingerprint density at radius 2 is 1.77 bits per heavy atom. The van der Waals surface area contributed by atoms with E-state index < -0.39 is 0 Å². The number of rotatable bonds is 5. The van der Waals surface area contributed by atoms with E-state index in [1.54, 1.807) is 4.52 Å². The number of carbonyl (C=O) groups excluding carboxylic acids is 1. The molecule has 3 aromatic rings. The van der Waals surface area contributed by atoms with Crippen molar-refractivity contribution in [1.29, 1.82) is 0 Å². The number of morpholine rings is 1. The van der Waals surface area contributed by atoms with Gasteiger partial charge in [-0.05, 0) is 77.0 Å². The van der Waals surface area contributed by atoms with E-state index in [1.807, 2.05) is 25.7 Å². The van der Waals surface area contributed by atoms with Crippen molar-refractivity contribution in [1.82, 2.24) is 24.5 Å². The minimum Gasteiger partial charge on any atom is -0.485 e. The van der Waals surface area contributed by atoms with Gasteiger partial charge in [-0.2, -0.15) is 9.50 Å². The Morgan fingerprint density at radius 1 is 1.00 bits per heavy atom. The van der Waals surface area contributed by atoms with Gasteiger partial charge in [-0.15, -0.1) is 5.10 Å². The van der Waals surface area contributed by atoms with Gasteiger partial charge in [0.1, 0.15) is 11.9 Å². The molecule has 9 nitrogen and oxygen atoms in total. The molecule has 2 atom stereocenters. The summed E-state index contributed by atoms with van der Waals surface area (Å²) >= 11 is 0. The SMILES string of the molecule is Cc1nc2nc(C)c(O[C@@H]3CCN(c4ccc(C5CCC(C(=O)N6CCOC[C@H]6C)CC5)cc4)C3)c(C)n2n1. The molecule has 0 bridgehead atoms. The highest BCUT2D eigenvalue weighted by Crippen LogP contribution is 2.38. The van der Waals surface area contributed by atoms with Gasteiger partial charge < -0.3 is 19.3 Å². The maximum absolute atomic E-state index is 13.1. The van der Waals surface area contributed by atoms with Crippen LogP contribution in [-0.4, -0.2) is 75.4 Å². The first kappa shape index (κ1) is 26.0. The molecule has 0 unspecified atom stereocenters. The van der Waals surface area contributed by atoms with Crippen molar-refractivity contribution in [2.24, 2.45) is 5.92 Å². The second-order valence-corrected chi connectivity index (χ2v) is 11.6. The van der Waals surface area contributed by atoms with Crippen molar-refractivity contribution in [2.75, 3.05) is 37.7 Å². The van der Waals surface area contributed by atoms with Crippen molar-refractivity contribution >= 4 is 17.4 Å². The van der Waals surface area contributed by atoms with Crippen LogP contribution in [0, 0.1) is 26.7 Å². The van der Waals surface area contributed by atoms with E-state index in [-0.39, 0.29) is 18.1 Å². The van der Waals surface area contributed by atoms with Crippen molar-refractivity contribution < 1.29 is 14.3 Å². The quantitative estimate of drug-likeness (QED) is 0.486. The van der Waals surface area contributed by atoms with Crippen LogP contribution in [0.3, 0.4) is 0 Å². The van der Waals surface area contributed by atoms with Crippen LogP contribution in [0.15, 0.2) is 24.3 Å². The number of anilines is 1. The monoisotopic (exact) mass is 532 g/mol. The fraction of sp³-hybridized carbons (Fsp3) is 0.600. The molecule has 2 aliphatic heterocycles. The summed E-state index contributed by atoms with van der Waals surface area (Å²) in [5.74, 6) is 3.18. The smallest absolute Gasteiger partial charge is 0.253 e. The summed E-state index contributed by atoms with van der Waals surface area (Å²) < 4.78 is 13.8. The summed E-state index contributed by atoms with van der Waals surface area (Å²) in [5, 5.41) is 4.46. The molecule has 2 aromatic heterocycles. The molecule has 3 fully saturated rings. The van der Waals surface area contributed by atoms with Crippen LogP contribution >= 0.6 is 0 Å². The number of amides is 1. The number of carbonyl (C=O) groups is 1. The molecule has 0 radical (unpaired) electrons. The summed E-state index contributed by atoms with van der Waals surface area (Å²) in [5.41, 5.74) is 4.43. The highest BCUT2D eigenvalue weighted by Gasteiger charge is 2.33. The predicted octanol–water partition coefficient (Wildman–Crippen LogP) is 4.23. The first-order valence-corrected chi connectivity index (χ1v) is 14.5. The third kappa shape index (κ3) is 5.21. The maximum atomic E-state index is 13.1. The van der Waals surface area contributed by atoms with E-state index in [4.69, 9.17) is 9.47 Å². The molecular weight excluding hydrogens is 492 g/mol. The maximum Gasteiger partial charge on any atom is 0.253 e. The van der Waals surface area contributed by atoms with E-state index in [0.29, 0.717) is 36.6 Å². The lowest BCUT2D eigenvalue weighted by Crippen LogP contribution is -2.49. The van der Waals surface area contributed by atoms with Crippen molar-refractivity contribution in [3.05, 3.63) is 47.0 Å². The number of hydrogen-bond donors (Lipinski definition) is 0. The van der Waals surface area contributed by atoms with Gasteiger partial charge in [-0.3, -0.25) is 4.79 Å². The molecule has 6 rings (SSSR count). The lowest BCUT2D eigenvalue weighted by atomic mass is 9.78. The van der Waals surface area contributed by atoms with Gasteiger partial charge in [0.05, 0.1) is 37.2 Å². The Morgan fingerprint density at radius 3 is 2.51 bits per heavy atom. The molecule has 1 aromatic carbocycles. The van der Waals surface area contributed by atoms with E-state index in [0.717, 1.165) is 68.9 Å². The molecule has 39 heavy (non-hydrogen) atoms. The van der Waals surface area contributed by atoms with Crippen molar-refractivity contribution in [3.8, 4) is 5.75 Å². The summed E-state index contributed by atoms with van der Waals surface area (Å²) in [6.07, 6.45) is 5.19. The molecule has 1 saturated carbocycles. The Balaban J connectivity index is 1.04. The van der Waals surface area contributed by atoms with Gasteiger partial charge in [-0.1, -0.05) is 12.1 Å². The summed E-state index contributed by atoms with van der Waals surface area (Å²) in [7, 11) is 0. The standard InChI is InChI=1S/C30H40N6O3/c1-19-18-38-16-15-35(19)29(37)25-7-5-23(6-8-25)24-9-11-26(12-10-24)34-14-13-27(17-34)39-28-20(2)31-30-32-22(4)33-36(30)21(28)3/h9-12,19,23,25,27H,5-8,13-18H2,1-4H3/t19-,23?,25?,27-/m1/s1. The number of nitrogens with zero attached hydrogens (tertiary/aromatic N) is 6. The summed E-state index contributed by atoms with van der Waals surface area (Å²) in [6.45, 7) is 11.8. The van der Waals surface area contributed by atoms with Crippen LogP contribution in [-0.2, 0) is 9.53 Å². The molecule has 4 heterocycles. The van der Waals surface area contributed by atoms with E-state index in [2.05, 4.69) is 51.2 Å². The Hall–Kier alpha value is -3.20. The van der Waals surface area contributed by atoms with E-state index >= 15 is 0 Å². The van der Waals surface area contributed by atoms with Crippen LogP contribution in [0.4, 0.5) is 5.69 Å². The minimum atomic E-state index is 0.105. The number of ether oxygens (including phenoxy) is 2. The van der Waals surface area contributed by atoms with Crippen molar-refractivity contribution in [2.45, 2.75) is 77.9 Å². The van der Waals surface area contributed by atoms with Gasteiger partial charge in [0.25, 0.3) is 5.78 Å². The van der Waals surface area contributed by atoms with Gasteiger partial charge >= 0.3 is 0 Å². The van der Waals surface area contributed by atoms with Gasteiger partial charge in [0, 0.05) is 31.1 Å². The summed E-state index contributed by atoms with van der Waals surface area (Å²) in [4.78, 5) is 26.5. The molecular formula is C30H40N6O3. The van der Waals surface area contributed by atoms with E-state index in [1.165, 1.54) is 11.3 Å². The number of aromatic nitrogens is 4. The van der Waals surface area contributed by atoms with Gasteiger partial charge in [0.2, 0.25) is 5.91 Å². The molecule has 1 amide bonds. The van der Waals surface area contributed by atoms with Crippen LogP contribution in [0.5, 0.6) is 5.75 Å². The first-order chi connectivity index (χ1) is 18.9. The molecule has 0 spiro atoms. The first-order valence-electron chi connectivity index (χ1n) is 14.5. The van der Waals surface area contributed by atoms with Crippen LogP contribution in [0.2, 0.25) is 0 Å². The Bertz CT molecular complexity index is 1330. The lowest BCUT2D eigenvalue weighted by molar-refractivity contribution is -0.144. The minimum absolute atomic E-state index is 0.105. The van der Waals surface area contributed by atoms with Crippen LogP contribution in [0.25, 0.3) is 5.78 Å². The fourth-order valence-electron chi connectivity index (χ4n) is 6.58. The predicted molar refractivity (Wildman–Crippen MR) is 149 cm³/mol. The number of hydrogen-bond acceptors (Lipinski definition) is 7. The highest BCUT2D eigenvalue weighted by atomic mass is 16.5. The van der Waals surface area contributed by atoms with Crippen LogP contribution < -0.4 is 9.64 Å². The zero-order valence-corrected chi connectivity index (χ0v) is 23.6. The normalized spacial score (nSPS) is 25.8.